The molecule has 0 atom stereocenters. The molecule has 0 amide bonds. The maximum absolute atomic E-state index is 12.9. The fraction of sp³-hybridized carbons (Fsp3) is 0.381. The Morgan fingerprint density at radius 3 is 2.50 bits per heavy atom. The van der Waals surface area contributed by atoms with E-state index < -0.39 is 15.8 Å². The normalized spacial score (nSPS) is 15.3. The quantitative estimate of drug-likeness (QED) is 0.724. The lowest BCUT2D eigenvalue weighted by molar-refractivity contribution is 0.0693. The number of phenols is 1. The van der Waals surface area contributed by atoms with Crippen LogP contribution in [0.4, 0.5) is 0 Å². The number of sulfone groups is 1. The van der Waals surface area contributed by atoms with Gasteiger partial charge in [0.2, 0.25) is 0 Å². The highest BCUT2D eigenvalue weighted by Crippen LogP contribution is 2.36. The summed E-state index contributed by atoms with van der Waals surface area (Å²) in [4.78, 5) is 11.4. The van der Waals surface area contributed by atoms with Gasteiger partial charge in [0.15, 0.2) is 9.84 Å². The maximum atomic E-state index is 12.9. The lowest BCUT2D eigenvalue weighted by Crippen LogP contribution is -2.17. The summed E-state index contributed by atoms with van der Waals surface area (Å²) in [6.45, 7) is -0.106. The van der Waals surface area contributed by atoms with E-state index in [0.29, 0.717) is 4.90 Å². The highest BCUT2D eigenvalue weighted by Gasteiger charge is 2.24. The van der Waals surface area contributed by atoms with Crippen LogP contribution in [-0.2, 0) is 9.84 Å². The molecular formula is C21H24O6S. The van der Waals surface area contributed by atoms with E-state index in [1.165, 1.54) is 24.6 Å². The summed E-state index contributed by atoms with van der Waals surface area (Å²) in [6, 6.07) is 11.0. The van der Waals surface area contributed by atoms with Gasteiger partial charge in [-0.05, 0) is 48.6 Å². The third kappa shape index (κ3) is 4.65. The van der Waals surface area contributed by atoms with E-state index in [9.17, 15) is 18.3 Å². The van der Waals surface area contributed by atoms with Gasteiger partial charge in [-0.25, -0.2) is 13.2 Å². The number of ether oxygens (including phenoxy) is 1. The van der Waals surface area contributed by atoms with Gasteiger partial charge in [-0.1, -0.05) is 37.5 Å². The second-order valence-corrected chi connectivity index (χ2v) is 9.10. The van der Waals surface area contributed by atoms with Crippen molar-refractivity contribution >= 4 is 15.8 Å². The molecule has 28 heavy (non-hydrogen) atoms. The number of carbonyl (C=O) groups is 1. The van der Waals surface area contributed by atoms with Crippen LogP contribution in [-0.4, -0.2) is 37.0 Å². The minimum atomic E-state index is -3.54. The highest BCUT2D eigenvalue weighted by molar-refractivity contribution is 7.91. The second kappa shape index (κ2) is 8.65. The summed E-state index contributed by atoms with van der Waals surface area (Å²) in [5.74, 6) is -1.38. The first-order chi connectivity index (χ1) is 13.4. The van der Waals surface area contributed by atoms with Gasteiger partial charge >= 0.3 is 5.97 Å². The molecule has 6 nitrogen and oxygen atoms in total. The molecule has 0 radical (unpaired) electrons. The summed E-state index contributed by atoms with van der Waals surface area (Å²) in [6.07, 6.45) is 5.46. The molecule has 1 aliphatic carbocycles. The third-order valence-electron chi connectivity index (χ3n) is 5.12. The number of aromatic hydroxyl groups is 1. The molecule has 0 saturated heterocycles. The number of hydrogen-bond acceptors (Lipinski definition) is 5. The second-order valence-electron chi connectivity index (χ2n) is 7.02. The molecule has 2 aromatic rings. The van der Waals surface area contributed by atoms with E-state index in [4.69, 9.17) is 9.84 Å². The molecule has 2 aromatic carbocycles. The van der Waals surface area contributed by atoms with Crippen molar-refractivity contribution in [3.8, 4) is 11.5 Å². The van der Waals surface area contributed by atoms with Crippen LogP contribution in [0.2, 0.25) is 0 Å². The largest absolute Gasteiger partial charge is 0.507 e. The fourth-order valence-corrected chi connectivity index (χ4v) is 5.07. The zero-order chi connectivity index (χ0) is 20.1. The Bertz CT molecular complexity index is 945. The van der Waals surface area contributed by atoms with Gasteiger partial charge in [0.25, 0.3) is 0 Å². The Balaban J connectivity index is 1.71. The fourth-order valence-electron chi connectivity index (χ4n) is 3.67. The zero-order valence-electron chi connectivity index (χ0n) is 15.5. The molecule has 0 unspecified atom stereocenters. The van der Waals surface area contributed by atoms with Crippen LogP contribution < -0.4 is 4.74 Å². The number of carboxylic acids is 1. The molecule has 2 N–H and O–H groups in total. The third-order valence-corrected chi connectivity index (χ3v) is 6.86. The van der Waals surface area contributed by atoms with Gasteiger partial charge < -0.3 is 14.9 Å². The Labute approximate surface area is 164 Å². The van der Waals surface area contributed by atoms with E-state index in [1.54, 1.807) is 12.1 Å². The van der Waals surface area contributed by atoms with E-state index in [2.05, 4.69) is 0 Å². The topological polar surface area (TPSA) is 101 Å². The highest BCUT2D eigenvalue weighted by atomic mass is 32.2. The molecule has 0 aliphatic heterocycles. The van der Waals surface area contributed by atoms with Gasteiger partial charge in [-0.3, -0.25) is 0 Å². The smallest absolute Gasteiger partial charge is 0.339 e. The van der Waals surface area contributed by atoms with Crippen LogP contribution in [0.15, 0.2) is 47.4 Å². The first-order valence-electron chi connectivity index (χ1n) is 9.39. The van der Waals surface area contributed by atoms with Gasteiger partial charge in [0, 0.05) is 0 Å². The van der Waals surface area contributed by atoms with Crippen molar-refractivity contribution in [2.75, 3.05) is 12.4 Å². The van der Waals surface area contributed by atoms with Crippen LogP contribution in [0.5, 0.6) is 11.5 Å². The Kier molecular flexibility index (Phi) is 6.24. The van der Waals surface area contributed by atoms with Crippen LogP contribution in [0.3, 0.4) is 0 Å². The minimum absolute atomic E-state index is 0.106. The van der Waals surface area contributed by atoms with E-state index in [1.807, 2.05) is 12.1 Å². The van der Waals surface area contributed by atoms with Crippen molar-refractivity contribution in [1.82, 2.24) is 0 Å². The molecule has 1 aliphatic rings. The summed E-state index contributed by atoms with van der Waals surface area (Å²) in [7, 11) is -3.54. The van der Waals surface area contributed by atoms with Crippen LogP contribution in [0.25, 0.3) is 0 Å². The number of aromatic carboxylic acids is 1. The minimum Gasteiger partial charge on any atom is -0.507 e. The summed E-state index contributed by atoms with van der Waals surface area (Å²) in [5.41, 5.74) is 0.600. The summed E-state index contributed by atoms with van der Waals surface area (Å²) < 4.78 is 31.2. The molecule has 0 heterocycles. The van der Waals surface area contributed by atoms with Gasteiger partial charge in [-0.2, -0.15) is 0 Å². The van der Waals surface area contributed by atoms with E-state index in [0.717, 1.165) is 31.2 Å². The van der Waals surface area contributed by atoms with Gasteiger partial charge in [-0.15, -0.1) is 0 Å². The monoisotopic (exact) mass is 404 g/mol. The molecule has 150 valence electrons. The van der Waals surface area contributed by atoms with Crippen molar-refractivity contribution in [2.24, 2.45) is 0 Å². The van der Waals surface area contributed by atoms with Crippen molar-refractivity contribution in [3.05, 3.63) is 53.6 Å². The first-order valence-corrected chi connectivity index (χ1v) is 11.0. The molecule has 1 saturated carbocycles. The van der Waals surface area contributed by atoms with Gasteiger partial charge in [0.1, 0.15) is 23.7 Å². The Morgan fingerprint density at radius 2 is 1.79 bits per heavy atom. The molecule has 7 heteroatoms. The van der Waals surface area contributed by atoms with Crippen LogP contribution in [0.1, 0.15) is 53.9 Å². The van der Waals surface area contributed by atoms with Crippen molar-refractivity contribution < 1.29 is 28.2 Å². The molecule has 1 fully saturated rings. The standard InChI is InChI=1S/C21H24O6S/c22-19-11-10-16(14-18(19)21(23)24)27-12-13-28(25,26)20-9-5-4-8-17(20)15-6-2-1-3-7-15/h4-5,8-11,14-15,22H,1-3,6-7,12-13H2,(H,23,24). The number of benzene rings is 2. The van der Waals surface area contributed by atoms with E-state index >= 15 is 0 Å². The number of hydrogen-bond donors (Lipinski definition) is 2. The van der Waals surface area contributed by atoms with Gasteiger partial charge in [0.05, 0.1) is 10.6 Å². The first kappa shape index (κ1) is 20.2. The lowest BCUT2D eigenvalue weighted by Gasteiger charge is -2.24. The molecular weight excluding hydrogens is 380 g/mol. The van der Waals surface area contributed by atoms with Crippen molar-refractivity contribution in [1.29, 1.82) is 0 Å². The average molecular weight is 404 g/mol. The molecule has 0 bridgehead atoms. The predicted molar refractivity (Wildman–Crippen MR) is 105 cm³/mol. The molecule has 0 spiro atoms. The predicted octanol–water partition coefficient (Wildman–Crippen LogP) is 3.99. The number of rotatable bonds is 7. The Hall–Kier alpha value is -2.54. The number of carboxylic acid groups (broad SMARTS) is 1. The van der Waals surface area contributed by atoms with Crippen molar-refractivity contribution in [3.63, 3.8) is 0 Å². The van der Waals surface area contributed by atoms with Crippen LogP contribution >= 0.6 is 0 Å². The van der Waals surface area contributed by atoms with Crippen LogP contribution in [0, 0.1) is 0 Å². The lowest BCUT2D eigenvalue weighted by atomic mass is 9.84. The van der Waals surface area contributed by atoms with Crippen molar-refractivity contribution in [2.45, 2.75) is 42.9 Å². The zero-order valence-corrected chi connectivity index (χ0v) is 16.3. The summed E-state index contributed by atoms with van der Waals surface area (Å²) >= 11 is 0. The average Bonchev–Trinajstić information content (AvgIpc) is 2.69. The SMILES string of the molecule is O=C(O)c1cc(OCCS(=O)(=O)c2ccccc2C2CCCCC2)ccc1O. The Morgan fingerprint density at radius 1 is 1.07 bits per heavy atom. The van der Waals surface area contributed by atoms with E-state index in [-0.39, 0.29) is 35.3 Å². The molecule has 3 rings (SSSR count). The molecule has 0 aromatic heterocycles. The summed E-state index contributed by atoms with van der Waals surface area (Å²) in [5, 5.41) is 18.6. The maximum Gasteiger partial charge on any atom is 0.339 e.